The summed E-state index contributed by atoms with van der Waals surface area (Å²) < 4.78 is 39.4. The highest BCUT2D eigenvalue weighted by Gasteiger charge is 2.34. The Morgan fingerprint density at radius 3 is 2.41 bits per heavy atom. The fraction of sp³-hybridized carbons (Fsp3) is 0.353. The molecule has 6 nitrogen and oxygen atoms in total. The van der Waals surface area contributed by atoms with Crippen LogP contribution in [0.1, 0.15) is 16.1 Å². The molecule has 0 saturated carbocycles. The number of piperazine rings is 1. The van der Waals surface area contributed by atoms with Gasteiger partial charge in [0.25, 0.3) is 5.91 Å². The van der Waals surface area contributed by atoms with Crippen LogP contribution in [0.3, 0.4) is 0 Å². The lowest BCUT2D eigenvalue weighted by atomic mass is 10.1. The predicted molar refractivity (Wildman–Crippen MR) is 95.2 cm³/mol. The highest BCUT2D eigenvalue weighted by Crippen LogP contribution is 2.37. The minimum Gasteiger partial charge on any atom is -0.338 e. The summed E-state index contributed by atoms with van der Waals surface area (Å²) in [6, 6.07) is 6.26. The Morgan fingerprint density at radius 1 is 1.11 bits per heavy atom. The number of anilines is 2. The molecule has 0 radical (unpaired) electrons. The fourth-order valence-electron chi connectivity index (χ4n) is 2.68. The van der Waals surface area contributed by atoms with Gasteiger partial charge in [-0.3, -0.25) is 4.79 Å². The summed E-state index contributed by atoms with van der Waals surface area (Å²) in [5.41, 5.74) is -0.953. The average molecular weight is 400 g/mol. The highest BCUT2D eigenvalue weighted by atomic mass is 35.5. The first-order valence-electron chi connectivity index (χ1n) is 8.19. The summed E-state index contributed by atoms with van der Waals surface area (Å²) in [7, 11) is 1.98. The second kappa shape index (κ2) is 7.69. The van der Waals surface area contributed by atoms with E-state index in [4.69, 9.17) is 11.6 Å². The first-order chi connectivity index (χ1) is 12.7. The molecule has 0 bridgehead atoms. The molecule has 10 heteroatoms. The number of likely N-dealkylation sites (N-methyl/N-ethyl adjacent to an activating group) is 1. The molecular weight excluding hydrogens is 383 g/mol. The molecule has 0 spiro atoms. The highest BCUT2D eigenvalue weighted by molar-refractivity contribution is 6.30. The number of halogens is 4. The molecule has 1 aromatic heterocycles. The van der Waals surface area contributed by atoms with Crippen molar-refractivity contribution in [1.82, 2.24) is 20.0 Å². The maximum atomic E-state index is 13.1. The Hall–Kier alpha value is -2.39. The fourth-order valence-corrected chi connectivity index (χ4v) is 2.85. The number of carbonyl (C=O) groups is 1. The molecule has 1 aromatic carbocycles. The van der Waals surface area contributed by atoms with Crippen molar-refractivity contribution in [2.24, 2.45) is 0 Å². The van der Waals surface area contributed by atoms with E-state index in [2.05, 4.69) is 20.4 Å². The number of nitrogens with zero attached hydrogens (tertiary/aromatic N) is 4. The van der Waals surface area contributed by atoms with E-state index in [1.54, 1.807) is 4.90 Å². The lowest BCUT2D eigenvalue weighted by Gasteiger charge is -2.32. The van der Waals surface area contributed by atoms with E-state index in [1.807, 2.05) is 7.05 Å². The van der Waals surface area contributed by atoms with Crippen LogP contribution in [0.2, 0.25) is 5.02 Å². The molecule has 1 N–H and O–H groups in total. The van der Waals surface area contributed by atoms with Gasteiger partial charge in [0.1, 0.15) is 0 Å². The number of alkyl halides is 3. The number of hydrogen-bond donors (Lipinski definition) is 1. The Morgan fingerprint density at radius 2 is 1.81 bits per heavy atom. The molecule has 2 aromatic rings. The summed E-state index contributed by atoms with van der Waals surface area (Å²) in [4.78, 5) is 16.2. The van der Waals surface area contributed by atoms with Crippen LogP contribution >= 0.6 is 11.6 Å². The first kappa shape index (κ1) is 19.4. The van der Waals surface area contributed by atoms with Gasteiger partial charge in [0.15, 0.2) is 11.5 Å². The first-order valence-corrected chi connectivity index (χ1v) is 8.57. The topological polar surface area (TPSA) is 61.4 Å². The SMILES string of the molecule is CN1CCN(C(=O)c2ccc(Nc3ccc(Cl)cc3C(F)(F)F)nn2)CC1. The van der Waals surface area contributed by atoms with Gasteiger partial charge in [0, 0.05) is 31.2 Å². The monoisotopic (exact) mass is 399 g/mol. The summed E-state index contributed by atoms with van der Waals surface area (Å²) in [5.74, 6) is -0.151. The third-order valence-electron chi connectivity index (χ3n) is 4.22. The summed E-state index contributed by atoms with van der Waals surface area (Å²) in [6.07, 6.45) is -4.57. The van der Waals surface area contributed by atoms with Gasteiger partial charge < -0.3 is 15.1 Å². The number of aromatic nitrogens is 2. The van der Waals surface area contributed by atoms with E-state index in [0.29, 0.717) is 13.1 Å². The summed E-state index contributed by atoms with van der Waals surface area (Å²) in [6.45, 7) is 2.73. The molecule has 1 fully saturated rings. The molecule has 144 valence electrons. The molecular formula is C17H17ClF3N5O. The van der Waals surface area contributed by atoms with Gasteiger partial charge in [0.2, 0.25) is 0 Å². The zero-order valence-corrected chi connectivity index (χ0v) is 15.2. The Labute approximate surface area is 158 Å². The molecule has 27 heavy (non-hydrogen) atoms. The third-order valence-corrected chi connectivity index (χ3v) is 4.46. The van der Waals surface area contributed by atoms with Crippen LogP contribution in [0, 0.1) is 0 Å². The average Bonchev–Trinajstić information content (AvgIpc) is 2.63. The van der Waals surface area contributed by atoms with E-state index >= 15 is 0 Å². The van der Waals surface area contributed by atoms with Crippen LogP contribution in [-0.2, 0) is 6.18 Å². The minimum atomic E-state index is -4.57. The van der Waals surface area contributed by atoms with Gasteiger partial charge in [0.05, 0.1) is 11.3 Å². The molecule has 0 atom stereocenters. The van der Waals surface area contributed by atoms with Crippen LogP contribution < -0.4 is 5.32 Å². The molecule has 0 unspecified atom stereocenters. The molecule has 3 rings (SSSR count). The summed E-state index contributed by atoms with van der Waals surface area (Å²) in [5, 5.41) is 10.2. The maximum Gasteiger partial charge on any atom is 0.418 e. The second-order valence-electron chi connectivity index (χ2n) is 6.21. The second-order valence-corrected chi connectivity index (χ2v) is 6.65. The zero-order valence-electron chi connectivity index (χ0n) is 14.4. The van der Waals surface area contributed by atoms with Crippen molar-refractivity contribution in [2.75, 3.05) is 38.5 Å². The van der Waals surface area contributed by atoms with Crippen molar-refractivity contribution in [2.45, 2.75) is 6.18 Å². The lowest BCUT2D eigenvalue weighted by molar-refractivity contribution is -0.136. The maximum absolute atomic E-state index is 13.1. The van der Waals surface area contributed by atoms with E-state index in [9.17, 15) is 18.0 Å². The van der Waals surface area contributed by atoms with E-state index in [-0.39, 0.29) is 28.1 Å². The smallest absolute Gasteiger partial charge is 0.338 e. The summed E-state index contributed by atoms with van der Waals surface area (Å²) >= 11 is 5.66. The van der Waals surface area contributed by atoms with Crippen molar-refractivity contribution in [3.05, 3.63) is 46.6 Å². The van der Waals surface area contributed by atoms with Crippen molar-refractivity contribution in [1.29, 1.82) is 0 Å². The van der Waals surface area contributed by atoms with Gasteiger partial charge in [-0.15, -0.1) is 10.2 Å². The quantitative estimate of drug-likeness (QED) is 0.858. The van der Waals surface area contributed by atoms with Gasteiger partial charge in [-0.1, -0.05) is 11.6 Å². The van der Waals surface area contributed by atoms with E-state index < -0.39 is 11.7 Å². The normalized spacial score (nSPS) is 15.7. The van der Waals surface area contributed by atoms with E-state index in [1.165, 1.54) is 24.3 Å². The Balaban J connectivity index is 1.74. The molecule has 1 saturated heterocycles. The van der Waals surface area contributed by atoms with Gasteiger partial charge in [-0.2, -0.15) is 13.2 Å². The minimum absolute atomic E-state index is 0.0212. The van der Waals surface area contributed by atoms with Gasteiger partial charge in [-0.25, -0.2) is 0 Å². The van der Waals surface area contributed by atoms with Crippen LogP contribution in [0.5, 0.6) is 0 Å². The van der Waals surface area contributed by atoms with Crippen molar-refractivity contribution in [3.63, 3.8) is 0 Å². The molecule has 1 aliphatic heterocycles. The number of rotatable bonds is 3. The lowest BCUT2D eigenvalue weighted by Crippen LogP contribution is -2.47. The van der Waals surface area contributed by atoms with Crippen LogP contribution in [-0.4, -0.2) is 59.1 Å². The number of amides is 1. The number of carbonyl (C=O) groups excluding carboxylic acids is 1. The standard InChI is InChI=1S/C17H17ClF3N5O/c1-25-6-8-26(9-7-25)16(27)14-4-5-15(24-23-14)22-13-3-2-11(18)10-12(13)17(19,20)21/h2-5,10H,6-9H2,1H3,(H,22,24). The third kappa shape index (κ3) is 4.67. The largest absolute Gasteiger partial charge is 0.418 e. The van der Waals surface area contributed by atoms with Crippen molar-refractivity contribution >= 4 is 29.0 Å². The van der Waals surface area contributed by atoms with Crippen LogP contribution in [0.4, 0.5) is 24.7 Å². The predicted octanol–water partition coefficient (Wildman–Crippen LogP) is 3.28. The van der Waals surface area contributed by atoms with Gasteiger partial charge >= 0.3 is 6.18 Å². The van der Waals surface area contributed by atoms with Gasteiger partial charge in [-0.05, 0) is 37.4 Å². The van der Waals surface area contributed by atoms with E-state index in [0.717, 1.165) is 19.2 Å². The Kier molecular flexibility index (Phi) is 5.52. The van der Waals surface area contributed by atoms with Crippen molar-refractivity contribution < 1.29 is 18.0 Å². The molecule has 2 heterocycles. The number of hydrogen-bond acceptors (Lipinski definition) is 5. The molecule has 1 aliphatic rings. The Bertz CT molecular complexity index is 820. The zero-order chi connectivity index (χ0) is 19.6. The number of benzene rings is 1. The van der Waals surface area contributed by atoms with Crippen LogP contribution in [0.25, 0.3) is 0 Å². The van der Waals surface area contributed by atoms with Crippen LogP contribution in [0.15, 0.2) is 30.3 Å². The van der Waals surface area contributed by atoms with Crippen molar-refractivity contribution in [3.8, 4) is 0 Å². The molecule has 0 aliphatic carbocycles. The molecule has 1 amide bonds. The number of nitrogens with one attached hydrogen (secondary N) is 1.